The summed E-state index contributed by atoms with van der Waals surface area (Å²) in [5, 5.41) is 7.21. The van der Waals surface area contributed by atoms with Gasteiger partial charge in [-0.05, 0) is 0 Å². The molecule has 0 unspecified atom stereocenters. The number of rotatable bonds is 0. The zero-order valence-corrected chi connectivity index (χ0v) is 2.88. The fourth-order valence-electron chi connectivity index (χ4n) is 0. The first-order chi connectivity index (χ1) is 1.41. The molecule has 0 bridgehead atoms. The molecule has 0 heterocycles. The second-order valence-corrected chi connectivity index (χ2v) is 0.158. The van der Waals surface area contributed by atoms with Gasteiger partial charge < -0.3 is 5.21 Å². The molecule has 0 aromatic rings. The predicted molar refractivity (Wildman–Crippen MR) is 17.5 cm³/mol. The molecule has 0 aliphatic heterocycles. The first kappa shape index (κ1) is 8.88. The third-order valence-electron chi connectivity index (χ3n) is 0. The van der Waals surface area contributed by atoms with Crippen LogP contribution in [0.4, 0.5) is 0 Å². The monoisotopic (exact) mass is 82.0 g/mol. The van der Waals surface area contributed by atoms with Gasteiger partial charge in [0.05, 0.1) is 0 Å². The van der Waals surface area contributed by atoms with Crippen molar-refractivity contribution >= 4 is 12.4 Å². The fourth-order valence-corrected chi connectivity index (χ4v) is 0. The topological polar surface area (TPSA) is 32.3 Å². The van der Waals surface area contributed by atoms with Gasteiger partial charge in [0.2, 0.25) is 0 Å². The summed E-state index contributed by atoms with van der Waals surface area (Å²) >= 11 is 0. The molecule has 0 saturated heterocycles. The number of hydrogen-bond donors (Lipinski definition) is 2. The standard InChI is InChI=1S/CH4NO.ClH/c1-2-3;/h2-3H,1H2;1H. The Kier molecular flexibility index (Phi) is 23.8. The Morgan fingerprint density at radius 1 is 1.75 bits per heavy atom. The molecule has 0 amide bonds. The molecular weight excluding hydrogens is 77.5 g/mol. The van der Waals surface area contributed by atoms with Crippen LogP contribution < -0.4 is 5.48 Å². The van der Waals surface area contributed by atoms with E-state index in [1.54, 1.807) is 0 Å². The summed E-state index contributed by atoms with van der Waals surface area (Å²) in [5.41, 5.74) is 1.50. The van der Waals surface area contributed by atoms with Crippen LogP contribution in [-0.2, 0) is 0 Å². The van der Waals surface area contributed by atoms with Crippen molar-refractivity contribution in [3.8, 4) is 0 Å². The maximum atomic E-state index is 7.21. The number of hydrogen-bond acceptors (Lipinski definition) is 2. The number of nitrogens with one attached hydrogen (secondary N) is 1. The molecule has 2 nitrogen and oxygen atoms in total. The molecule has 2 N–H and O–H groups in total. The lowest BCUT2D eigenvalue weighted by atomic mass is 11.6. The molecule has 0 atom stereocenters. The van der Waals surface area contributed by atoms with Crippen LogP contribution in [0.25, 0.3) is 0 Å². The largest absolute Gasteiger partial charge is 0.317 e. The Morgan fingerprint density at radius 2 is 1.75 bits per heavy atom. The van der Waals surface area contributed by atoms with E-state index < -0.39 is 0 Å². The zero-order chi connectivity index (χ0) is 2.71. The van der Waals surface area contributed by atoms with E-state index in [0.717, 1.165) is 0 Å². The predicted octanol–water partition coefficient (Wildman–Crippen LogP) is 0.179. The first-order valence-corrected chi connectivity index (χ1v) is 0.577. The van der Waals surface area contributed by atoms with Crippen LogP contribution in [0.3, 0.4) is 0 Å². The van der Waals surface area contributed by atoms with Gasteiger partial charge in [-0.15, -0.1) is 12.4 Å². The SMILES string of the molecule is Cl.[CH2]NO. The van der Waals surface area contributed by atoms with E-state index in [0.29, 0.717) is 0 Å². The van der Waals surface area contributed by atoms with E-state index in [1.165, 1.54) is 5.48 Å². The van der Waals surface area contributed by atoms with Crippen molar-refractivity contribution in [1.82, 2.24) is 5.48 Å². The summed E-state index contributed by atoms with van der Waals surface area (Å²) in [6.07, 6.45) is 0. The lowest BCUT2D eigenvalue weighted by Crippen LogP contribution is -1.86. The Balaban J connectivity index is 0. The van der Waals surface area contributed by atoms with Crippen LogP contribution in [0.2, 0.25) is 0 Å². The van der Waals surface area contributed by atoms with Gasteiger partial charge in [-0.1, -0.05) is 0 Å². The van der Waals surface area contributed by atoms with Crippen molar-refractivity contribution < 1.29 is 5.21 Å². The molecule has 3 heteroatoms. The lowest BCUT2D eigenvalue weighted by Gasteiger charge is -1.60. The average Bonchev–Trinajstić information content (AvgIpc) is 0.918. The highest BCUT2D eigenvalue weighted by Crippen LogP contribution is 1.06. The Bertz CT molecular complexity index is 8.00. The molecule has 0 aromatic carbocycles. The third kappa shape index (κ3) is 73.4. The minimum Gasteiger partial charge on any atom is -0.317 e. The van der Waals surface area contributed by atoms with Crippen molar-refractivity contribution in [3.05, 3.63) is 7.05 Å². The van der Waals surface area contributed by atoms with Gasteiger partial charge in [0.25, 0.3) is 0 Å². The van der Waals surface area contributed by atoms with Gasteiger partial charge in [0, 0.05) is 7.05 Å². The van der Waals surface area contributed by atoms with E-state index in [2.05, 4.69) is 7.05 Å². The fraction of sp³-hybridized carbons (Fsp3) is 0. The minimum absolute atomic E-state index is 0. The highest BCUT2D eigenvalue weighted by atomic mass is 35.5. The van der Waals surface area contributed by atoms with Gasteiger partial charge in [-0.25, -0.2) is 5.48 Å². The molecule has 0 aromatic heterocycles. The maximum Gasteiger partial charge on any atom is 0.0355 e. The average molecular weight is 82.5 g/mol. The minimum atomic E-state index is 0. The second kappa shape index (κ2) is 10.7. The van der Waals surface area contributed by atoms with Crippen LogP contribution >= 0.6 is 12.4 Å². The van der Waals surface area contributed by atoms with Gasteiger partial charge in [-0.2, -0.15) is 0 Å². The molecule has 1 radical (unpaired) electrons. The van der Waals surface area contributed by atoms with Gasteiger partial charge in [0.15, 0.2) is 0 Å². The molecule has 4 heavy (non-hydrogen) atoms. The molecule has 0 spiro atoms. The van der Waals surface area contributed by atoms with Crippen molar-refractivity contribution in [2.45, 2.75) is 0 Å². The van der Waals surface area contributed by atoms with Crippen LogP contribution in [-0.4, -0.2) is 5.21 Å². The smallest absolute Gasteiger partial charge is 0.0355 e. The van der Waals surface area contributed by atoms with Crippen molar-refractivity contribution in [3.63, 3.8) is 0 Å². The molecule has 0 saturated carbocycles. The summed E-state index contributed by atoms with van der Waals surface area (Å²) in [4.78, 5) is 0. The Hall–Kier alpha value is 0.210. The molecular formula is CH5ClNO. The van der Waals surface area contributed by atoms with Crippen molar-refractivity contribution in [2.24, 2.45) is 0 Å². The van der Waals surface area contributed by atoms with Crippen molar-refractivity contribution in [2.75, 3.05) is 0 Å². The summed E-state index contributed by atoms with van der Waals surface area (Å²) in [7, 11) is 2.79. The quantitative estimate of drug-likeness (QED) is 0.409. The second-order valence-electron chi connectivity index (χ2n) is 0.158. The van der Waals surface area contributed by atoms with Gasteiger partial charge in [0.1, 0.15) is 0 Å². The number of halogens is 1. The van der Waals surface area contributed by atoms with Crippen molar-refractivity contribution in [1.29, 1.82) is 0 Å². The molecule has 27 valence electrons. The highest BCUT2D eigenvalue weighted by Gasteiger charge is 1.25. The zero-order valence-electron chi connectivity index (χ0n) is 2.06. The van der Waals surface area contributed by atoms with Gasteiger partial charge in [-0.3, -0.25) is 0 Å². The van der Waals surface area contributed by atoms with E-state index in [1.807, 2.05) is 0 Å². The van der Waals surface area contributed by atoms with Crippen LogP contribution in [0.1, 0.15) is 0 Å². The van der Waals surface area contributed by atoms with Crippen LogP contribution in [0.15, 0.2) is 0 Å². The number of hydroxylamine groups is 1. The summed E-state index contributed by atoms with van der Waals surface area (Å²) in [5.74, 6) is 0. The Morgan fingerprint density at radius 3 is 1.75 bits per heavy atom. The van der Waals surface area contributed by atoms with E-state index in [4.69, 9.17) is 5.21 Å². The summed E-state index contributed by atoms with van der Waals surface area (Å²) < 4.78 is 0. The normalized spacial score (nSPS) is 4.50. The summed E-state index contributed by atoms with van der Waals surface area (Å²) in [6, 6.07) is 0. The van der Waals surface area contributed by atoms with Crippen LogP contribution in [0.5, 0.6) is 0 Å². The molecule has 0 fully saturated rings. The van der Waals surface area contributed by atoms with E-state index in [-0.39, 0.29) is 12.4 Å². The van der Waals surface area contributed by atoms with E-state index >= 15 is 0 Å². The Labute approximate surface area is 31.2 Å². The molecule has 0 aliphatic rings. The molecule has 0 rings (SSSR count). The van der Waals surface area contributed by atoms with Crippen LogP contribution in [0, 0.1) is 7.05 Å². The third-order valence-corrected chi connectivity index (χ3v) is 0. The molecule has 0 aliphatic carbocycles. The maximum absolute atomic E-state index is 7.21. The summed E-state index contributed by atoms with van der Waals surface area (Å²) in [6.45, 7) is 0. The first-order valence-electron chi connectivity index (χ1n) is 0.577. The van der Waals surface area contributed by atoms with E-state index in [9.17, 15) is 0 Å². The lowest BCUT2D eigenvalue weighted by molar-refractivity contribution is 0.211. The highest BCUT2D eigenvalue weighted by molar-refractivity contribution is 5.85. The van der Waals surface area contributed by atoms with Gasteiger partial charge >= 0.3 is 0 Å².